The first-order valence-corrected chi connectivity index (χ1v) is 10.7. The SMILES string of the molecule is CC1CN(c2nc(Cc3ccc(F)cc3)ns2)CCN1C(=O)C=Cc1ccccc1. The second kappa shape index (κ2) is 9.17. The number of aromatic nitrogens is 2. The van der Waals surface area contributed by atoms with Crippen LogP contribution in [0.5, 0.6) is 0 Å². The summed E-state index contributed by atoms with van der Waals surface area (Å²) < 4.78 is 17.5. The van der Waals surface area contributed by atoms with Crippen LogP contribution in [0.15, 0.2) is 60.7 Å². The fraction of sp³-hybridized carbons (Fsp3) is 0.261. The van der Waals surface area contributed by atoms with Gasteiger partial charge >= 0.3 is 0 Å². The molecule has 0 radical (unpaired) electrons. The van der Waals surface area contributed by atoms with Gasteiger partial charge in [0.1, 0.15) is 11.6 Å². The second-order valence-corrected chi connectivity index (χ2v) is 8.10. The van der Waals surface area contributed by atoms with Gasteiger partial charge in [-0.1, -0.05) is 42.5 Å². The zero-order valence-corrected chi connectivity index (χ0v) is 17.6. The molecule has 3 aromatic rings. The van der Waals surface area contributed by atoms with Crippen LogP contribution in [0.1, 0.15) is 23.9 Å². The topological polar surface area (TPSA) is 49.3 Å². The maximum absolute atomic E-state index is 13.1. The molecule has 0 aliphatic carbocycles. The van der Waals surface area contributed by atoms with Gasteiger partial charge in [0.15, 0.2) is 0 Å². The minimum atomic E-state index is -0.245. The van der Waals surface area contributed by atoms with Gasteiger partial charge < -0.3 is 9.80 Å². The molecule has 30 heavy (non-hydrogen) atoms. The molecule has 1 aliphatic heterocycles. The molecule has 1 fully saturated rings. The summed E-state index contributed by atoms with van der Waals surface area (Å²) in [5.74, 6) is 0.518. The zero-order valence-electron chi connectivity index (χ0n) is 16.7. The lowest BCUT2D eigenvalue weighted by Crippen LogP contribution is -2.53. The van der Waals surface area contributed by atoms with E-state index in [1.54, 1.807) is 18.2 Å². The lowest BCUT2D eigenvalue weighted by Gasteiger charge is -2.39. The predicted octanol–water partition coefficient (Wildman–Crippen LogP) is 4.02. The van der Waals surface area contributed by atoms with Crippen molar-refractivity contribution in [3.8, 4) is 0 Å². The molecule has 7 heteroatoms. The third kappa shape index (κ3) is 4.91. The van der Waals surface area contributed by atoms with Gasteiger partial charge in [0, 0.05) is 49.7 Å². The van der Waals surface area contributed by atoms with Crippen LogP contribution in [0, 0.1) is 5.82 Å². The largest absolute Gasteiger partial charge is 0.343 e. The van der Waals surface area contributed by atoms with Crippen molar-refractivity contribution in [1.29, 1.82) is 0 Å². The smallest absolute Gasteiger partial charge is 0.246 e. The minimum absolute atomic E-state index is 0.0280. The Morgan fingerprint density at radius 3 is 2.67 bits per heavy atom. The van der Waals surface area contributed by atoms with E-state index in [1.807, 2.05) is 41.3 Å². The van der Waals surface area contributed by atoms with E-state index in [9.17, 15) is 9.18 Å². The van der Waals surface area contributed by atoms with Crippen molar-refractivity contribution in [3.05, 3.63) is 83.4 Å². The van der Waals surface area contributed by atoms with Crippen LogP contribution >= 0.6 is 11.5 Å². The van der Waals surface area contributed by atoms with Gasteiger partial charge in [-0.05, 0) is 36.3 Å². The van der Waals surface area contributed by atoms with Crippen molar-refractivity contribution in [3.63, 3.8) is 0 Å². The second-order valence-electron chi connectivity index (χ2n) is 7.37. The van der Waals surface area contributed by atoms with Crippen LogP contribution in [0.4, 0.5) is 9.52 Å². The number of amides is 1. The van der Waals surface area contributed by atoms with E-state index in [2.05, 4.69) is 21.2 Å². The molecule has 1 saturated heterocycles. The van der Waals surface area contributed by atoms with Crippen LogP contribution < -0.4 is 4.90 Å². The van der Waals surface area contributed by atoms with Crippen LogP contribution in [0.2, 0.25) is 0 Å². The number of benzene rings is 2. The van der Waals surface area contributed by atoms with Crippen LogP contribution in [-0.4, -0.2) is 45.8 Å². The number of anilines is 1. The summed E-state index contributed by atoms with van der Waals surface area (Å²) >= 11 is 1.37. The highest BCUT2D eigenvalue weighted by Gasteiger charge is 2.28. The summed E-state index contributed by atoms with van der Waals surface area (Å²) in [5.41, 5.74) is 1.99. The molecule has 1 atom stereocenters. The molecule has 0 saturated carbocycles. The molecule has 1 amide bonds. The van der Waals surface area contributed by atoms with Crippen molar-refractivity contribution >= 4 is 28.6 Å². The van der Waals surface area contributed by atoms with Gasteiger partial charge in [0.25, 0.3) is 0 Å². The van der Waals surface area contributed by atoms with E-state index < -0.39 is 0 Å². The number of carbonyl (C=O) groups excluding carboxylic acids is 1. The summed E-state index contributed by atoms with van der Waals surface area (Å²) in [4.78, 5) is 21.4. The van der Waals surface area contributed by atoms with Crippen LogP contribution in [-0.2, 0) is 11.2 Å². The highest BCUT2D eigenvalue weighted by Crippen LogP contribution is 2.23. The molecule has 1 unspecified atom stereocenters. The molecule has 0 bridgehead atoms. The highest BCUT2D eigenvalue weighted by molar-refractivity contribution is 7.09. The summed E-state index contributed by atoms with van der Waals surface area (Å²) in [6, 6.07) is 16.3. The molecule has 154 valence electrons. The van der Waals surface area contributed by atoms with Gasteiger partial charge in [-0.2, -0.15) is 4.37 Å². The van der Waals surface area contributed by atoms with E-state index in [0.29, 0.717) is 13.0 Å². The van der Waals surface area contributed by atoms with Crippen molar-refractivity contribution in [1.82, 2.24) is 14.3 Å². The normalized spacial score (nSPS) is 16.9. The lowest BCUT2D eigenvalue weighted by atomic mass is 10.1. The summed E-state index contributed by atoms with van der Waals surface area (Å²) in [6.07, 6.45) is 4.08. The van der Waals surface area contributed by atoms with Gasteiger partial charge in [0.2, 0.25) is 11.0 Å². The van der Waals surface area contributed by atoms with Crippen molar-refractivity contribution in [2.24, 2.45) is 0 Å². The average Bonchev–Trinajstić information content (AvgIpc) is 3.23. The molecule has 2 heterocycles. The van der Waals surface area contributed by atoms with Gasteiger partial charge in [0.05, 0.1) is 0 Å². The Morgan fingerprint density at radius 1 is 1.17 bits per heavy atom. The van der Waals surface area contributed by atoms with Crippen molar-refractivity contribution in [2.75, 3.05) is 24.5 Å². The maximum atomic E-state index is 13.1. The number of hydrogen-bond acceptors (Lipinski definition) is 5. The fourth-order valence-electron chi connectivity index (χ4n) is 3.52. The van der Waals surface area contributed by atoms with Crippen molar-refractivity contribution in [2.45, 2.75) is 19.4 Å². The summed E-state index contributed by atoms with van der Waals surface area (Å²) in [5, 5.41) is 0.867. The Balaban J connectivity index is 1.35. The van der Waals surface area contributed by atoms with Gasteiger partial charge in [-0.3, -0.25) is 4.79 Å². The Labute approximate surface area is 179 Å². The monoisotopic (exact) mass is 422 g/mol. The number of carbonyl (C=O) groups is 1. The standard InChI is InChI=1S/C23H23FN4OS/c1-17-16-27(13-14-28(17)22(29)12-9-18-5-3-2-4-6-18)23-25-21(26-30-23)15-19-7-10-20(24)11-8-19/h2-12,17H,13-16H2,1H3. The Morgan fingerprint density at radius 2 is 1.93 bits per heavy atom. The number of hydrogen-bond donors (Lipinski definition) is 0. The molecule has 0 spiro atoms. The first-order chi connectivity index (χ1) is 14.6. The third-order valence-corrected chi connectivity index (χ3v) is 5.95. The minimum Gasteiger partial charge on any atom is -0.343 e. The van der Waals surface area contributed by atoms with Gasteiger partial charge in [-0.15, -0.1) is 0 Å². The first kappa shape index (κ1) is 20.2. The van der Waals surface area contributed by atoms with Crippen molar-refractivity contribution < 1.29 is 9.18 Å². The summed E-state index contributed by atoms with van der Waals surface area (Å²) in [7, 11) is 0. The van der Waals surface area contributed by atoms with E-state index >= 15 is 0 Å². The fourth-order valence-corrected chi connectivity index (χ4v) is 4.24. The van der Waals surface area contributed by atoms with E-state index in [4.69, 9.17) is 0 Å². The molecule has 5 nitrogen and oxygen atoms in total. The van der Waals surface area contributed by atoms with E-state index in [-0.39, 0.29) is 17.8 Å². The Bertz CT molecular complexity index is 1020. The molecule has 1 aromatic heterocycles. The van der Waals surface area contributed by atoms with E-state index in [1.165, 1.54) is 23.7 Å². The van der Waals surface area contributed by atoms with Crippen LogP contribution in [0.3, 0.4) is 0 Å². The van der Waals surface area contributed by atoms with Crippen LogP contribution in [0.25, 0.3) is 6.08 Å². The molecule has 0 N–H and O–H groups in total. The number of nitrogens with zero attached hydrogens (tertiary/aromatic N) is 4. The maximum Gasteiger partial charge on any atom is 0.246 e. The zero-order chi connectivity index (χ0) is 20.9. The predicted molar refractivity (Wildman–Crippen MR) is 118 cm³/mol. The Hall–Kier alpha value is -3.06. The first-order valence-electron chi connectivity index (χ1n) is 9.94. The highest BCUT2D eigenvalue weighted by atomic mass is 32.1. The quantitative estimate of drug-likeness (QED) is 0.583. The van der Waals surface area contributed by atoms with Gasteiger partial charge in [-0.25, -0.2) is 9.37 Å². The third-order valence-electron chi connectivity index (χ3n) is 5.13. The molecular weight excluding hydrogens is 399 g/mol. The summed E-state index contributed by atoms with van der Waals surface area (Å²) in [6.45, 7) is 4.14. The number of rotatable bonds is 5. The van der Waals surface area contributed by atoms with E-state index in [0.717, 1.165) is 35.2 Å². The average molecular weight is 423 g/mol. The molecule has 4 rings (SSSR count). The number of halogens is 1. The molecule has 1 aliphatic rings. The number of piperazine rings is 1. The molecule has 2 aromatic carbocycles. The molecular formula is C23H23FN4OS. The lowest BCUT2D eigenvalue weighted by molar-refractivity contribution is -0.128. The Kier molecular flexibility index (Phi) is 6.18.